The summed E-state index contributed by atoms with van der Waals surface area (Å²) in [6.45, 7) is 1.74. The van der Waals surface area contributed by atoms with Crippen LogP contribution >= 0.6 is 0 Å². The number of hydrogen-bond acceptors (Lipinski definition) is 3. The zero-order chi connectivity index (χ0) is 17.1. The molecule has 2 N–H and O–H groups in total. The van der Waals surface area contributed by atoms with Gasteiger partial charge in [-0.25, -0.2) is 0 Å². The number of aliphatic hydroxyl groups is 1. The number of fused-ring (bicyclic) bond motifs is 3. The molecule has 0 bridgehead atoms. The molecule has 0 spiro atoms. The zero-order valence-corrected chi connectivity index (χ0v) is 14.0. The molecule has 0 fully saturated rings. The van der Waals surface area contributed by atoms with Gasteiger partial charge in [-0.05, 0) is 24.3 Å². The topological polar surface area (TPSA) is 50.1 Å². The van der Waals surface area contributed by atoms with Crippen LogP contribution in [0.15, 0.2) is 72.9 Å². The largest absolute Gasteiger partial charge is 0.390 e. The van der Waals surface area contributed by atoms with Gasteiger partial charge in [-0.1, -0.05) is 42.5 Å². The van der Waals surface area contributed by atoms with Gasteiger partial charge in [-0.2, -0.15) is 0 Å². The highest BCUT2D eigenvalue weighted by molar-refractivity contribution is 6.07. The van der Waals surface area contributed by atoms with Crippen LogP contribution in [0.25, 0.3) is 21.8 Å². The van der Waals surface area contributed by atoms with Gasteiger partial charge in [0.1, 0.15) is 0 Å². The molecular weight excluding hydrogens is 310 g/mol. The summed E-state index contributed by atoms with van der Waals surface area (Å²) in [6, 6.07) is 22.6. The van der Waals surface area contributed by atoms with Crippen LogP contribution in [0.2, 0.25) is 0 Å². The molecule has 0 radical (unpaired) electrons. The molecule has 0 saturated heterocycles. The van der Waals surface area contributed by atoms with E-state index in [-0.39, 0.29) is 0 Å². The Morgan fingerprint density at radius 1 is 0.880 bits per heavy atom. The Balaban J connectivity index is 1.51. The number of para-hydroxylation sites is 2. The average Bonchev–Trinajstić information content (AvgIpc) is 2.97. The van der Waals surface area contributed by atoms with Crippen molar-refractivity contribution >= 4 is 21.8 Å². The Bertz CT molecular complexity index is 925. The van der Waals surface area contributed by atoms with Gasteiger partial charge in [0.15, 0.2) is 0 Å². The van der Waals surface area contributed by atoms with Crippen molar-refractivity contribution in [3.8, 4) is 0 Å². The van der Waals surface area contributed by atoms with E-state index in [2.05, 4.69) is 51.3 Å². The van der Waals surface area contributed by atoms with Crippen molar-refractivity contribution in [1.82, 2.24) is 14.9 Å². The summed E-state index contributed by atoms with van der Waals surface area (Å²) in [4.78, 5) is 4.28. The van der Waals surface area contributed by atoms with Gasteiger partial charge < -0.3 is 15.0 Å². The SMILES string of the molecule is OC(CNCc1ccccn1)Cn1c2ccccc2c2ccccc21. The first kappa shape index (κ1) is 15.8. The highest BCUT2D eigenvalue weighted by Crippen LogP contribution is 2.28. The molecule has 0 aliphatic carbocycles. The standard InChI is InChI=1S/C21H21N3O/c25-17(14-22-13-16-7-5-6-12-23-16)15-24-20-10-3-1-8-18(20)19-9-2-4-11-21(19)24/h1-12,17,22,25H,13-15H2. The first-order valence-corrected chi connectivity index (χ1v) is 8.57. The van der Waals surface area contributed by atoms with Crippen LogP contribution in [-0.2, 0) is 13.1 Å². The van der Waals surface area contributed by atoms with Crippen LogP contribution in [0.5, 0.6) is 0 Å². The van der Waals surface area contributed by atoms with Gasteiger partial charge in [0.2, 0.25) is 0 Å². The summed E-state index contributed by atoms with van der Waals surface area (Å²) in [7, 11) is 0. The number of aromatic nitrogens is 2. The fraction of sp³-hybridized carbons (Fsp3) is 0.190. The molecule has 0 aliphatic rings. The van der Waals surface area contributed by atoms with Crippen LogP contribution in [0.3, 0.4) is 0 Å². The third-order valence-electron chi connectivity index (χ3n) is 4.49. The van der Waals surface area contributed by atoms with E-state index < -0.39 is 6.10 Å². The molecule has 0 amide bonds. The number of hydrogen-bond donors (Lipinski definition) is 2. The number of benzene rings is 2. The Hall–Kier alpha value is -2.69. The van der Waals surface area contributed by atoms with E-state index in [1.165, 1.54) is 10.8 Å². The quantitative estimate of drug-likeness (QED) is 0.570. The van der Waals surface area contributed by atoms with Gasteiger partial charge in [0.25, 0.3) is 0 Å². The molecule has 2 aromatic carbocycles. The molecule has 4 rings (SSSR count). The van der Waals surface area contributed by atoms with Crippen LogP contribution in [0.1, 0.15) is 5.69 Å². The summed E-state index contributed by atoms with van der Waals surface area (Å²) in [5.41, 5.74) is 3.30. The fourth-order valence-corrected chi connectivity index (χ4v) is 3.34. The van der Waals surface area contributed by atoms with E-state index in [0.717, 1.165) is 16.7 Å². The molecule has 1 unspecified atom stereocenters. The molecule has 4 aromatic rings. The predicted molar refractivity (Wildman–Crippen MR) is 101 cm³/mol. The lowest BCUT2D eigenvalue weighted by atomic mass is 10.2. The van der Waals surface area contributed by atoms with E-state index in [1.54, 1.807) is 6.20 Å². The van der Waals surface area contributed by atoms with Crippen molar-refractivity contribution < 1.29 is 5.11 Å². The number of rotatable bonds is 6. The Kier molecular flexibility index (Phi) is 4.46. The highest BCUT2D eigenvalue weighted by atomic mass is 16.3. The maximum atomic E-state index is 10.5. The first-order chi connectivity index (χ1) is 12.3. The molecule has 0 aliphatic heterocycles. The summed E-state index contributed by atoms with van der Waals surface area (Å²) in [5, 5.41) is 16.3. The monoisotopic (exact) mass is 331 g/mol. The van der Waals surface area contributed by atoms with E-state index in [4.69, 9.17) is 0 Å². The van der Waals surface area contributed by atoms with Crippen molar-refractivity contribution in [3.63, 3.8) is 0 Å². The predicted octanol–water partition coefficient (Wildman–Crippen LogP) is 3.34. The molecular formula is C21H21N3O. The van der Waals surface area contributed by atoms with Crippen molar-refractivity contribution in [2.75, 3.05) is 6.54 Å². The maximum absolute atomic E-state index is 10.5. The lowest BCUT2D eigenvalue weighted by Gasteiger charge is -2.14. The Morgan fingerprint density at radius 2 is 1.52 bits per heavy atom. The van der Waals surface area contributed by atoms with Crippen molar-refractivity contribution in [2.24, 2.45) is 0 Å². The summed E-state index contributed by atoms with van der Waals surface area (Å²) in [6.07, 6.45) is 1.31. The third kappa shape index (κ3) is 3.27. The van der Waals surface area contributed by atoms with Crippen molar-refractivity contribution in [1.29, 1.82) is 0 Å². The third-order valence-corrected chi connectivity index (χ3v) is 4.49. The molecule has 126 valence electrons. The molecule has 1 atom stereocenters. The van der Waals surface area contributed by atoms with Crippen LogP contribution in [0.4, 0.5) is 0 Å². The lowest BCUT2D eigenvalue weighted by molar-refractivity contribution is 0.154. The number of pyridine rings is 1. The summed E-state index contributed by atoms with van der Waals surface area (Å²) < 4.78 is 2.21. The van der Waals surface area contributed by atoms with Crippen LogP contribution in [0, 0.1) is 0 Å². The number of nitrogens with one attached hydrogen (secondary N) is 1. The normalized spacial score (nSPS) is 12.7. The maximum Gasteiger partial charge on any atom is 0.0843 e. The fourth-order valence-electron chi connectivity index (χ4n) is 3.34. The van der Waals surface area contributed by atoms with Crippen LogP contribution in [-0.4, -0.2) is 27.3 Å². The second kappa shape index (κ2) is 7.05. The Morgan fingerprint density at radius 3 is 2.16 bits per heavy atom. The summed E-state index contributed by atoms with van der Waals surface area (Å²) >= 11 is 0. The molecule has 2 aromatic heterocycles. The molecule has 25 heavy (non-hydrogen) atoms. The van der Waals surface area contributed by atoms with Gasteiger partial charge in [0.05, 0.1) is 18.3 Å². The molecule has 4 nitrogen and oxygen atoms in total. The molecule has 2 heterocycles. The van der Waals surface area contributed by atoms with Gasteiger partial charge in [0, 0.05) is 41.1 Å². The average molecular weight is 331 g/mol. The smallest absolute Gasteiger partial charge is 0.0843 e. The minimum absolute atomic E-state index is 0.470. The highest BCUT2D eigenvalue weighted by Gasteiger charge is 2.13. The van der Waals surface area contributed by atoms with E-state index in [9.17, 15) is 5.11 Å². The van der Waals surface area contributed by atoms with E-state index >= 15 is 0 Å². The van der Waals surface area contributed by atoms with E-state index in [0.29, 0.717) is 19.6 Å². The summed E-state index contributed by atoms with van der Waals surface area (Å²) in [5.74, 6) is 0. The minimum Gasteiger partial charge on any atom is -0.390 e. The Labute approximate surface area is 146 Å². The van der Waals surface area contributed by atoms with Gasteiger partial charge in [-0.3, -0.25) is 4.98 Å². The minimum atomic E-state index is -0.470. The van der Waals surface area contributed by atoms with E-state index in [1.807, 2.05) is 30.3 Å². The lowest BCUT2D eigenvalue weighted by Crippen LogP contribution is -2.30. The molecule has 4 heteroatoms. The van der Waals surface area contributed by atoms with Crippen LogP contribution < -0.4 is 5.32 Å². The van der Waals surface area contributed by atoms with Crippen molar-refractivity contribution in [2.45, 2.75) is 19.2 Å². The zero-order valence-electron chi connectivity index (χ0n) is 14.0. The second-order valence-electron chi connectivity index (χ2n) is 6.25. The van der Waals surface area contributed by atoms with Gasteiger partial charge in [-0.15, -0.1) is 0 Å². The molecule has 0 saturated carbocycles. The number of aliphatic hydroxyl groups excluding tert-OH is 1. The van der Waals surface area contributed by atoms with Crippen molar-refractivity contribution in [3.05, 3.63) is 78.6 Å². The second-order valence-corrected chi connectivity index (χ2v) is 6.25. The van der Waals surface area contributed by atoms with Gasteiger partial charge >= 0.3 is 0 Å². The first-order valence-electron chi connectivity index (χ1n) is 8.57. The number of nitrogens with zero attached hydrogens (tertiary/aromatic N) is 2.